The molecule has 18 heteroatoms. The molecular formula is C21H36N8O10. The largest absolute Gasteiger partial charge is 0.481 e. The van der Waals surface area contributed by atoms with Crippen molar-refractivity contribution in [2.45, 2.75) is 75.5 Å². The van der Waals surface area contributed by atoms with Crippen molar-refractivity contribution in [3.8, 4) is 0 Å². The van der Waals surface area contributed by atoms with Gasteiger partial charge < -0.3 is 54.2 Å². The Kier molecular flexibility index (Phi) is 15.8. The molecule has 14 N–H and O–H groups in total. The van der Waals surface area contributed by atoms with E-state index in [-0.39, 0.29) is 44.6 Å². The maximum absolute atomic E-state index is 12.9. The Morgan fingerprint density at radius 3 is 1.56 bits per heavy atom. The van der Waals surface area contributed by atoms with Gasteiger partial charge in [-0.3, -0.25) is 33.8 Å². The van der Waals surface area contributed by atoms with E-state index >= 15 is 0 Å². The number of carbonyl (C=O) groups is 7. The van der Waals surface area contributed by atoms with Gasteiger partial charge in [0.1, 0.15) is 18.1 Å². The van der Waals surface area contributed by atoms with Crippen molar-refractivity contribution in [2.75, 3.05) is 6.54 Å². The molecule has 0 aromatic carbocycles. The van der Waals surface area contributed by atoms with E-state index in [1.54, 1.807) is 0 Å². The Bertz CT molecular complexity index is 938. The first kappa shape index (κ1) is 34.5. The molecule has 18 nitrogen and oxygen atoms in total. The second kappa shape index (κ2) is 17.9. The van der Waals surface area contributed by atoms with Crippen LogP contribution in [0.1, 0.15) is 51.4 Å². The first-order chi connectivity index (χ1) is 18.1. The number of carbonyl (C=O) groups excluding carboxylic acids is 4. The molecule has 220 valence electrons. The molecule has 0 rings (SSSR count). The number of carboxylic acid groups (broad SMARTS) is 3. The molecule has 0 bridgehead atoms. The number of nitrogens with one attached hydrogen (secondary N) is 3. The van der Waals surface area contributed by atoms with Crippen LogP contribution in [0.25, 0.3) is 0 Å². The van der Waals surface area contributed by atoms with Crippen molar-refractivity contribution in [1.82, 2.24) is 16.0 Å². The summed E-state index contributed by atoms with van der Waals surface area (Å²) >= 11 is 0. The first-order valence-corrected chi connectivity index (χ1v) is 11.8. The molecular weight excluding hydrogens is 524 g/mol. The lowest BCUT2D eigenvalue weighted by Gasteiger charge is -2.25. The fourth-order valence-corrected chi connectivity index (χ4v) is 3.09. The van der Waals surface area contributed by atoms with Crippen molar-refractivity contribution in [2.24, 2.45) is 27.9 Å². The second-order valence-electron chi connectivity index (χ2n) is 8.45. The monoisotopic (exact) mass is 560 g/mol. The maximum atomic E-state index is 12.9. The third-order valence-electron chi connectivity index (χ3n) is 5.16. The van der Waals surface area contributed by atoms with E-state index in [2.05, 4.69) is 20.9 Å². The van der Waals surface area contributed by atoms with Crippen molar-refractivity contribution >= 4 is 47.5 Å². The fourth-order valence-electron chi connectivity index (χ4n) is 3.09. The van der Waals surface area contributed by atoms with Crippen LogP contribution >= 0.6 is 0 Å². The molecule has 4 unspecified atom stereocenters. The molecule has 4 amide bonds. The van der Waals surface area contributed by atoms with Gasteiger partial charge in [0.25, 0.3) is 0 Å². The zero-order chi connectivity index (χ0) is 30.1. The third-order valence-corrected chi connectivity index (χ3v) is 5.16. The molecule has 0 aliphatic carbocycles. The number of carboxylic acids is 3. The summed E-state index contributed by atoms with van der Waals surface area (Å²) < 4.78 is 0. The van der Waals surface area contributed by atoms with Gasteiger partial charge in [-0.15, -0.1) is 0 Å². The van der Waals surface area contributed by atoms with Crippen LogP contribution in [0.3, 0.4) is 0 Å². The molecule has 39 heavy (non-hydrogen) atoms. The van der Waals surface area contributed by atoms with Crippen LogP contribution in [-0.4, -0.2) is 93.5 Å². The van der Waals surface area contributed by atoms with Crippen molar-refractivity contribution < 1.29 is 48.9 Å². The SMILES string of the molecule is NC(=O)CCC(NC(=O)C(CCC(=O)O)NC(=O)C(N)CCC(=O)O)C(=O)NC(CCCN=C(N)N)C(=O)O. The Morgan fingerprint density at radius 2 is 1.10 bits per heavy atom. The normalized spacial score (nSPS) is 13.6. The van der Waals surface area contributed by atoms with E-state index in [1.807, 2.05) is 0 Å². The topological polar surface area (TPSA) is 333 Å². The molecule has 0 spiro atoms. The zero-order valence-corrected chi connectivity index (χ0v) is 21.1. The number of rotatable bonds is 20. The predicted octanol–water partition coefficient (Wildman–Crippen LogP) is -4.10. The average Bonchev–Trinajstić information content (AvgIpc) is 2.83. The number of aliphatic carboxylic acids is 3. The minimum Gasteiger partial charge on any atom is -0.481 e. The summed E-state index contributed by atoms with van der Waals surface area (Å²) in [6, 6.07) is -5.74. The fraction of sp³-hybridized carbons (Fsp3) is 0.619. The van der Waals surface area contributed by atoms with Crippen LogP contribution in [-0.2, 0) is 33.6 Å². The number of guanidine groups is 1. The van der Waals surface area contributed by atoms with Crippen molar-refractivity contribution in [1.29, 1.82) is 0 Å². The lowest BCUT2D eigenvalue weighted by atomic mass is 10.0. The Labute approximate surface area is 222 Å². The summed E-state index contributed by atoms with van der Waals surface area (Å²) in [4.78, 5) is 86.5. The van der Waals surface area contributed by atoms with Crippen LogP contribution in [0.4, 0.5) is 0 Å². The summed E-state index contributed by atoms with van der Waals surface area (Å²) in [7, 11) is 0. The van der Waals surface area contributed by atoms with E-state index in [4.69, 9.17) is 33.1 Å². The molecule has 0 aromatic heterocycles. The molecule has 0 aliphatic rings. The molecule has 0 fully saturated rings. The van der Waals surface area contributed by atoms with Crippen molar-refractivity contribution in [3.05, 3.63) is 0 Å². The van der Waals surface area contributed by atoms with Gasteiger partial charge in [-0.25, -0.2) is 4.79 Å². The highest BCUT2D eigenvalue weighted by molar-refractivity contribution is 5.94. The molecule has 0 saturated carbocycles. The summed E-state index contributed by atoms with van der Waals surface area (Å²) in [5.74, 6) is -7.88. The summed E-state index contributed by atoms with van der Waals surface area (Å²) in [6.45, 7) is 0.0867. The molecule has 0 aromatic rings. The molecule has 4 atom stereocenters. The van der Waals surface area contributed by atoms with Gasteiger partial charge in [0.2, 0.25) is 23.6 Å². The van der Waals surface area contributed by atoms with E-state index < -0.39 is 85.0 Å². The van der Waals surface area contributed by atoms with Gasteiger partial charge in [0, 0.05) is 25.8 Å². The number of primary amides is 1. The third kappa shape index (κ3) is 16.1. The van der Waals surface area contributed by atoms with Crippen LogP contribution in [0.15, 0.2) is 4.99 Å². The molecule has 0 aliphatic heterocycles. The number of nitrogens with two attached hydrogens (primary N) is 4. The number of aliphatic imine (C=N–C) groups is 1. The minimum absolute atomic E-state index is 0.0835. The lowest BCUT2D eigenvalue weighted by Crippen LogP contribution is -2.57. The standard InChI is InChI=1S/C21H36N8O10/c22-10(3-7-15(31)32)17(35)27-12(5-8-16(33)34)18(36)28-11(4-6-14(23)30)19(37)29-13(20(38)39)2-1-9-26-21(24)25/h10-13H,1-9,22H2,(H2,23,30)(H,27,35)(H,28,36)(H,29,37)(H,31,32)(H,33,34)(H,38,39)(H4,24,25,26). The van der Waals surface area contributed by atoms with Gasteiger partial charge in [-0.1, -0.05) is 0 Å². The Balaban J connectivity index is 5.62. The Morgan fingerprint density at radius 1 is 0.641 bits per heavy atom. The maximum Gasteiger partial charge on any atom is 0.326 e. The highest BCUT2D eigenvalue weighted by Gasteiger charge is 2.30. The quantitative estimate of drug-likeness (QED) is 0.0385. The van der Waals surface area contributed by atoms with E-state index in [0.717, 1.165) is 0 Å². The predicted molar refractivity (Wildman–Crippen MR) is 133 cm³/mol. The number of hydrogen-bond acceptors (Lipinski definition) is 9. The van der Waals surface area contributed by atoms with Crippen LogP contribution < -0.4 is 38.9 Å². The molecule has 0 heterocycles. The summed E-state index contributed by atoms with van der Waals surface area (Å²) in [5, 5.41) is 33.9. The Hall–Kier alpha value is -4.48. The highest BCUT2D eigenvalue weighted by atomic mass is 16.4. The summed E-state index contributed by atoms with van der Waals surface area (Å²) in [6.07, 6.45) is -2.33. The average molecular weight is 561 g/mol. The summed E-state index contributed by atoms with van der Waals surface area (Å²) in [5.41, 5.74) is 21.2. The smallest absolute Gasteiger partial charge is 0.326 e. The van der Waals surface area contributed by atoms with E-state index in [9.17, 15) is 38.7 Å². The number of nitrogens with zero attached hydrogens (tertiary/aromatic N) is 1. The van der Waals surface area contributed by atoms with Crippen LogP contribution in [0, 0.1) is 0 Å². The number of hydrogen-bond donors (Lipinski definition) is 10. The van der Waals surface area contributed by atoms with E-state index in [1.165, 1.54) is 0 Å². The lowest BCUT2D eigenvalue weighted by molar-refractivity contribution is -0.142. The van der Waals surface area contributed by atoms with Crippen LogP contribution in [0.2, 0.25) is 0 Å². The van der Waals surface area contributed by atoms with Gasteiger partial charge >= 0.3 is 17.9 Å². The minimum atomic E-state index is -1.51. The number of amides is 4. The van der Waals surface area contributed by atoms with E-state index in [0.29, 0.717) is 0 Å². The highest BCUT2D eigenvalue weighted by Crippen LogP contribution is 2.06. The molecule has 0 saturated heterocycles. The van der Waals surface area contributed by atoms with Crippen molar-refractivity contribution in [3.63, 3.8) is 0 Å². The first-order valence-electron chi connectivity index (χ1n) is 11.8. The van der Waals surface area contributed by atoms with Gasteiger partial charge in [0.15, 0.2) is 5.96 Å². The van der Waals surface area contributed by atoms with Gasteiger partial charge in [0.05, 0.1) is 6.04 Å². The van der Waals surface area contributed by atoms with Crippen LogP contribution in [0.5, 0.6) is 0 Å². The van der Waals surface area contributed by atoms with Gasteiger partial charge in [-0.2, -0.15) is 0 Å². The zero-order valence-electron chi connectivity index (χ0n) is 21.1. The van der Waals surface area contributed by atoms with Gasteiger partial charge in [-0.05, 0) is 32.1 Å². The second-order valence-corrected chi connectivity index (χ2v) is 8.45. The molecule has 0 radical (unpaired) electrons.